The normalized spacial score (nSPS) is 11.7. The Morgan fingerprint density at radius 1 is 1.27 bits per heavy atom. The molecule has 0 saturated carbocycles. The van der Waals surface area contributed by atoms with Crippen molar-refractivity contribution in [3.8, 4) is 0 Å². The van der Waals surface area contributed by atoms with E-state index in [0.29, 0.717) is 6.08 Å². The molecule has 0 aliphatic rings. The Hall–Kier alpha value is -1.53. The van der Waals surface area contributed by atoms with Crippen LogP contribution in [-0.2, 0) is 9.59 Å². The molecule has 0 aliphatic carbocycles. The highest BCUT2D eigenvalue weighted by atomic mass is 19.4. The van der Waals surface area contributed by atoms with Gasteiger partial charge in [-0.3, -0.25) is 4.79 Å². The minimum atomic E-state index is -4.23. The van der Waals surface area contributed by atoms with Gasteiger partial charge in [0.25, 0.3) is 0 Å². The van der Waals surface area contributed by atoms with E-state index in [-0.39, 0.29) is 13.0 Å². The quantitative estimate of drug-likeness (QED) is 0.543. The van der Waals surface area contributed by atoms with Gasteiger partial charge in [0.2, 0.25) is 5.91 Å². The summed E-state index contributed by atoms with van der Waals surface area (Å²) in [7, 11) is 0. The fourth-order valence-corrected chi connectivity index (χ4v) is 0.706. The molecule has 1 amide bonds. The van der Waals surface area contributed by atoms with E-state index >= 15 is 0 Å². The molecule has 0 aliphatic heterocycles. The molecule has 0 aromatic rings. The standard InChI is InChI=1S/C8H10F3NO3/c9-8(10,11)4-1-5-12-6(13)2-3-7(14)15/h2-3H,1,4-5H2,(H,12,13)(H,14,15)/b3-2+. The summed E-state index contributed by atoms with van der Waals surface area (Å²) in [6.45, 7) is -0.137. The van der Waals surface area contributed by atoms with E-state index in [4.69, 9.17) is 5.11 Å². The van der Waals surface area contributed by atoms with E-state index in [1.54, 1.807) is 0 Å². The Kier molecular flexibility index (Phi) is 5.43. The summed E-state index contributed by atoms with van der Waals surface area (Å²) in [5.41, 5.74) is 0. The van der Waals surface area contributed by atoms with E-state index in [1.165, 1.54) is 0 Å². The van der Waals surface area contributed by atoms with Gasteiger partial charge >= 0.3 is 12.1 Å². The predicted octanol–water partition coefficient (Wildman–Crippen LogP) is 1.09. The number of carbonyl (C=O) groups excluding carboxylic acids is 1. The largest absolute Gasteiger partial charge is 0.478 e. The minimum absolute atomic E-state index is 0.137. The number of rotatable bonds is 5. The average molecular weight is 225 g/mol. The number of alkyl halides is 3. The van der Waals surface area contributed by atoms with Crippen molar-refractivity contribution in [2.24, 2.45) is 0 Å². The van der Waals surface area contributed by atoms with Crippen LogP contribution >= 0.6 is 0 Å². The van der Waals surface area contributed by atoms with Crippen LogP contribution in [0.2, 0.25) is 0 Å². The van der Waals surface area contributed by atoms with Gasteiger partial charge in [0.15, 0.2) is 0 Å². The molecule has 2 N–H and O–H groups in total. The molecule has 4 nitrogen and oxygen atoms in total. The van der Waals surface area contributed by atoms with Crippen LogP contribution in [0.5, 0.6) is 0 Å². The molecule has 0 atom stereocenters. The molecular formula is C8H10F3NO3. The zero-order valence-corrected chi connectivity index (χ0v) is 7.67. The fourth-order valence-electron chi connectivity index (χ4n) is 0.706. The van der Waals surface area contributed by atoms with E-state index in [2.05, 4.69) is 5.32 Å². The maximum Gasteiger partial charge on any atom is 0.389 e. The highest BCUT2D eigenvalue weighted by molar-refractivity contribution is 5.93. The van der Waals surface area contributed by atoms with Crippen molar-refractivity contribution in [2.75, 3.05) is 6.54 Å². The first-order chi connectivity index (χ1) is 6.81. The summed E-state index contributed by atoms with van der Waals surface area (Å²) >= 11 is 0. The van der Waals surface area contributed by atoms with Crippen molar-refractivity contribution in [2.45, 2.75) is 19.0 Å². The molecule has 0 aromatic carbocycles. The second-order valence-corrected chi connectivity index (χ2v) is 2.68. The topological polar surface area (TPSA) is 66.4 Å². The van der Waals surface area contributed by atoms with Crippen LogP contribution < -0.4 is 5.32 Å². The highest BCUT2D eigenvalue weighted by Gasteiger charge is 2.25. The monoisotopic (exact) mass is 225 g/mol. The van der Waals surface area contributed by atoms with Crippen LogP contribution in [0.15, 0.2) is 12.2 Å². The lowest BCUT2D eigenvalue weighted by atomic mass is 10.3. The van der Waals surface area contributed by atoms with Crippen LogP contribution in [0.25, 0.3) is 0 Å². The van der Waals surface area contributed by atoms with Crippen molar-refractivity contribution in [3.05, 3.63) is 12.2 Å². The van der Waals surface area contributed by atoms with Crippen molar-refractivity contribution >= 4 is 11.9 Å². The Balaban J connectivity index is 3.61. The third kappa shape index (κ3) is 10.4. The van der Waals surface area contributed by atoms with E-state index < -0.39 is 24.5 Å². The average Bonchev–Trinajstić information content (AvgIpc) is 2.07. The summed E-state index contributed by atoms with van der Waals surface area (Å²) < 4.78 is 34.9. The Morgan fingerprint density at radius 3 is 2.33 bits per heavy atom. The van der Waals surface area contributed by atoms with Gasteiger partial charge in [-0.2, -0.15) is 13.2 Å². The van der Waals surface area contributed by atoms with Crippen molar-refractivity contribution in [1.82, 2.24) is 5.32 Å². The van der Waals surface area contributed by atoms with Gasteiger partial charge in [-0.15, -0.1) is 0 Å². The highest BCUT2D eigenvalue weighted by Crippen LogP contribution is 2.20. The third-order valence-electron chi connectivity index (χ3n) is 1.31. The lowest BCUT2D eigenvalue weighted by molar-refractivity contribution is -0.136. The van der Waals surface area contributed by atoms with Crippen molar-refractivity contribution in [3.63, 3.8) is 0 Å². The number of hydrogen-bond acceptors (Lipinski definition) is 2. The maximum absolute atomic E-state index is 11.6. The lowest BCUT2D eigenvalue weighted by Crippen LogP contribution is -2.23. The molecule has 0 aromatic heterocycles. The predicted molar refractivity (Wildman–Crippen MR) is 45.1 cm³/mol. The summed E-state index contributed by atoms with van der Waals surface area (Å²) in [6, 6.07) is 0. The lowest BCUT2D eigenvalue weighted by Gasteiger charge is -2.05. The van der Waals surface area contributed by atoms with Gasteiger partial charge < -0.3 is 10.4 Å². The second kappa shape index (κ2) is 6.05. The molecule has 0 spiro atoms. The molecule has 86 valence electrons. The first kappa shape index (κ1) is 13.5. The van der Waals surface area contributed by atoms with Gasteiger partial charge in [0, 0.05) is 25.1 Å². The molecule has 0 radical (unpaired) electrons. The number of halogens is 3. The van der Waals surface area contributed by atoms with Crippen LogP contribution in [-0.4, -0.2) is 29.7 Å². The van der Waals surface area contributed by atoms with Crippen LogP contribution in [0.1, 0.15) is 12.8 Å². The number of aliphatic carboxylic acids is 1. The molecule has 0 fully saturated rings. The molecule has 0 rings (SSSR count). The van der Waals surface area contributed by atoms with Crippen molar-refractivity contribution < 1.29 is 27.9 Å². The summed E-state index contributed by atoms with van der Waals surface area (Å²) in [5.74, 6) is -2.01. The number of carbonyl (C=O) groups is 2. The molecule has 0 saturated heterocycles. The molecular weight excluding hydrogens is 215 g/mol. The summed E-state index contributed by atoms with van der Waals surface area (Å²) in [4.78, 5) is 20.7. The fraction of sp³-hybridized carbons (Fsp3) is 0.500. The van der Waals surface area contributed by atoms with Gasteiger partial charge in [-0.05, 0) is 6.42 Å². The Bertz CT molecular complexity index is 260. The number of nitrogens with one attached hydrogen (secondary N) is 1. The minimum Gasteiger partial charge on any atom is -0.478 e. The maximum atomic E-state index is 11.6. The Labute approximate surface area is 83.8 Å². The zero-order chi connectivity index (χ0) is 11.9. The SMILES string of the molecule is O=C(O)/C=C/C(=O)NCCCC(F)(F)F. The molecule has 7 heteroatoms. The summed E-state index contributed by atoms with van der Waals surface area (Å²) in [6.07, 6.45) is -4.08. The van der Waals surface area contributed by atoms with Crippen LogP contribution in [0.4, 0.5) is 13.2 Å². The first-order valence-electron chi connectivity index (χ1n) is 4.07. The van der Waals surface area contributed by atoms with Crippen LogP contribution in [0, 0.1) is 0 Å². The molecule has 15 heavy (non-hydrogen) atoms. The van der Waals surface area contributed by atoms with Gasteiger partial charge in [0.1, 0.15) is 0 Å². The third-order valence-corrected chi connectivity index (χ3v) is 1.31. The summed E-state index contributed by atoms with van der Waals surface area (Å²) in [5, 5.41) is 10.2. The number of carboxylic acid groups (broad SMARTS) is 1. The molecule has 0 bridgehead atoms. The Morgan fingerprint density at radius 2 is 1.87 bits per heavy atom. The number of carboxylic acids is 1. The van der Waals surface area contributed by atoms with Gasteiger partial charge in [0.05, 0.1) is 0 Å². The van der Waals surface area contributed by atoms with E-state index in [1.807, 2.05) is 0 Å². The number of hydrogen-bond donors (Lipinski definition) is 2. The smallest absolute Gasteiger partial charge is 0.389 e. The van der Waals surface area contributed by atoms with E-state index in [0.717, 1.165) is 6.08 Å². The number of amides is 1. The first-order valence-corrected chi connectivity index (χ1v) is 4.07. The molecule has 0 unspecified atom stereocenters. The van der Waals surface area contributed by atoms with Crippen molar-refractivity contribution in [1.29, 1.82) is 0 Å². The van der Waals surface area contributed by atoms with Crippen LogP contribution in [0.3, 0.4) is 0 Å². The van der Waals surface area contributed by atoms with E-state index in [9.17, 15) is 22.8 Å². The van der Waals surface area contributed by atoms with Gasteiger partial charge in [-0.1, -0.05) is 0 Å². The second-order valence-electron chi connectivity index (χ2n) is 2.68. The molecule has 0 heterocycles. The van der Waals surface area contributed by atoms with Gasteiger partial charge in [-0.25, -0.2) is 4.79 Å². The zero-order valence-electron chi connectivity index (χ0n) is 7.67.